The molecule has 1 aromatic heterocycles. The van der Waals surface area contributed by atoms with Crippen LogP contribution in [0.25, 0.3) is 0 Å². The zero-order valence-electron chi connectivity index (χ0n) is 16.3. The monoisotopic (exact) mass is 378 g/mol. The molecule has 0 aliphatic heterocycles. The minimum atomic E-state index is 0.0845. The first-order valence-electron chi connectivity index (χ1n) is 9.31. The number of nitrogens with one attached hydrogen (secondary N) is 1. The predicted molar refractivity (Wildman–Crippen MR) is 114 cm³/mol. The van der Waals surface area contributed by atoms with Gasteiger partial charge in [-0.05, 0) is 48.2 Å². The van der Waals surface area contributed by atoms with Gasteiger partial charge in [0.25, 0.3) is 0 Å². The molecule has 0 aliphatic rings. The van der Waals surface area contributed by atoms with Gasteiger partial charge in [0, 0.05) is 5.92 Å². The van der Waals surface area contributed by atoms with Crippen LogP contribution in [-0.2, 0) is 6.42 Å². The van der Waals surface area contributed by atoms with Crippen molar-refractivity contribution in [2.45, 2.75) is 40.0 Å². The molecule has 0 aliphatic carbocycles. The van der Waals surface area contributed by atoms with Gasteiger partial charge in [0.2, 0.25) is 4.77 Å². The van der Waals surface area contributed by atoms with E-state index in [2.05, 4.69) is 79.4 Å². The molecule has 0 saturated carbocycles. The van der Waals surface area contributed by atoms with Gasteiger partial charge in [0.05, 0.1) is 6.21 Å². The summed E-state index contributed by atoms with van der Waals surface area (Å²) in [5.74, 6) is 1.54. The molecule has 140 valence electrons. The van der Waals surface area contributed by atoms with Gasteiger partial charge in [-0.25, -0.2) is 0 Å². The molecule has 5 heteroatoms. The summed E-state index contributed by atoms with van der Waals surface area (Å²) in [6.07, 6.45) is 2.90. The van der Waals surface area contributed by atoms with Gasteiger partial charge in [-0.15, -0.1) is 0 Å². The van der Waals surface area contributed by atoms with E-state index in [1.807, 2.05) is 18.3 Å². The van der Waals surface area contributed by atoms with Crippen LogP contribution in [-0.4, -0.2) is 21.1 Å². The number of rotatable bonds is 6. The quantitative estimate of drug-likeness (QED) is 0.456. The average Bonchev–Trinajstić information content (AvgIpc) is 3.01. The van der Waals surface area contributed by atoms with Crippen LogP contribution >= 0.6 is 12.2 Å². The summed E-state index contributed by atoms with van der Waals surface area (Å²) in [5.41, 5.74) is 4.81. The number of nitrogens with zero attached hydrogens (tertiary/aromatic N) is 3. The highest BCUT2D eigenvalue weighted by Gasteiger charge is 2.16. The average molecular weight is 379 g/mol. The van der Waals surface area contributed by atoms with Gasteiger partial charge in [-0.3, -0.25) is 5.10 Å². The first-order valence-corrected chi connectivity index (χ1v) is 9.72. The van der Waals surface area contributed by atoms with E-state index in [-0.39, 0.29) is 5.92 Å². The Hall–Kier alpha value is -2.53. The molecule has 0 bridgehead atoms. The predicted octanol–water partition coefficient (Wildman–Crippen LogP) is 5.48. The van der Waals surface area contributed by atoms with Crippen LogP contribution in [0.1, 0.15) is 54.8 Å². The smallest absolute Gasteiger partial charge is 0.216 e. The zero-order valence-corrected chi connectivity index (χ0v) is 17.1. The standard InChI is InChI=1S/C22H26N4S/c1-15(2)13-18-9-11-20(12-10-18)17(4)21-24-25-22(27)26(21)23-14-19-7-5-16(3)6-8-19/h5-12,14-15,17H,13H2,1-4H3,(H,25,27)/b23-14+. The second kappa shape index (κ2) is 8.44. The number of H-pyrrole nitrogens is 1. The lowest BCUT2D eigenvalue weighted by atomic mass is 9.96. The Kier molecular flexibility index (Phi) is 6.01. The van der Waals surface area contributed by atoms with Gasteiger partial charge in [0.1, 0.15) is 0 Å². The first kappa shape index (κ1) is 19.2. The van der Waals surface area contributed by atoms with Crippen LogP contribution in [0.2, 0.25) is 0 Å². The number of benzene rings is 2. The molecule has 1 N–H and O–H groups in total. The van der Waals surface area contributed by atoms with E-state index in [4.69, 9.17) is 12.2 Å². The third-order valence-electron chi connectivity index (χ3n) is 4.59. The molecule has 0 saturated heterocycles. The Morgan fingerprint density at radius 1 is 1.07 bits per heavy atom. The highest BCUT2D eigenvalue weighted by atomic mass is 32.1. The van der Waals surface area contributed by atoms with Crippen molar-refractivity contribution in [1.29, 1.82) is 0 Å². The van der Waals surface area contributed by atoms with E-state index in [0.717, 1.165) is 17.8 Å². The summed E-state index contributed by atoms with van der Waals surface area (Å²) in [7, 11) is 0. The van der Waals surface area contributed by atoms with Crippen molar-refractivity contribution in [3.05, 3.63) is 81.4 Å². The first-order chi connectivity index (χ1) is 12.9. The third kappa shape index (κ3) is 4.80. The normalized spacial score (nSPS) is 12.8. The van der Waals surface area contributed by atoms with Crippen molar-refractivity contribution < 1.29 is 0 Å². The number of aromatic amines is 1. The third-order valence-corrected chi connectivity index (χ3v) is 4.85. The molecule has 1 heterocycles. The van der Waals surface area contributed by atoms with E-state index < -0.39 is 0 Å². The van der Waals surface area contributed by atoms with Crippen molar-refractivity contribution in [2.24, 2.45) is 11.0 Å². The van der Waals surface area contributed by atoms with Crippen LogP contribution in [0.3, 0.4) is 0 Å². The van der Waals surface area contributed by atoms with Gasteiger partial charge < -0.3 is 0 Å². The topological polar surface area (TPSA) is 46.0 Å². The summed E-state index contributed by atoms with van der Waals surface area (Å²) < 4.78 is 2.21. The fraction of sp³-hybridized carbons (Fsp3) is 0.318. The van der Waals surface area contributed by atoms with Crippen LogP contribution in [0, 0.1) is 17.6 Å². The minimum absolute atomic E-state index is 0.0845. The van der Waals surface area contributed by atoms with Crippen LogP contribution in [0.5, 0.6) is 0 Å². The van der Waals surface area contributed by atoms with Crippen molar-refractivity contribution in [2.75, 3.05) is 0 Å². The number of aryl methyl sites for hydroxylation is 1. The highest BCUT2D eigenvalue weighted by molar-refractivity contribution is 7.71. The van der Waals surface area contributed by atoms with Gasteiger partial charge >= 0.3 is 0 Å². The van der Waals surface area contributed by atoms with Gasteiger partial charge in [-0.2, -0.15) is 14.9 Å². The molecule has 0 amide bonds. The largest absolute Gasteiger partial charge is 0.250 e. The van der Waals surface area contributed by atoms with Gasteiger partial charge in [0.15, 0.2) is 5.82 Å². The second-order valence-electron chi connectivity index (χ2n) is 7.42. The number of hydrogen-bond donors (Lipinski definition) is 1. The second-order valence-corrected chi connectivity index (χ2v) is 7.80. The molecule has 27 heavy (non-hydrogen) atoms. The maximum atomic E-state index is 5.38. The lowest BCUT2D eigenvalue weighted by molar-refractivity contribution is 0.646. The SMILES string of the molecule is Cc1ccc(/C=N/n2c(C(C)c3ccc(CC(C)C)cc3)n[nH]c2=S)cc1. The van der Waals surface area contributed by atoms with Crippen molar-refractivity contribution in [3.63, 3.8) is 0 Å². The Morgan fingerprint density at radius 3 is 2.37 bits per heavy atom. The molecule has 3 aromatic rings. The molecule has 2 aromatic carbocycles. The molecule has 1 unspecified atom stereocenters. The summed E-state index contributed by atoms with van der Waals surface area (Å²) >= 11 is 5.38. The Labute approximate surface area is 166 Å². The van der Waals surface area contributed by atoms with Crippen LogP contribution in [0.15, 0.2) is 53.6 Å². The van der Waals surface area contributed by atoms with Crippen molar-refractivity contribution in [1.82, 2.24) is 14.9 Å². The molecule has 1 atom stereocenters. The van der Waals surface area contributed by atoms with Gasteiger partial charge in [-0.1, -0.05) is 74.9 Å². The summed E-state index contributed by atoms with van der Waals surface area (Å²) in [6.45, 7) is 8.67. The fourth-order valence-electron chi connectivity index (χ4n) is 3.04. The van der Waals surface area contributed by atoms with Crippen LogP contribution < -0.4 is 0 Å². The summed E-state index contributed by atoms with van der Waals surface area (Å²) in [5, 5.41) is 11.9. The number of hydrogen-bond acceptors (Lipinski definition) is 3. The van der Waals surface area contributed by atoms with E-state index in [1.165, 1.54) is 16.7 Å². The maximum Gasteiger partial charge on any atom is 0.216 e. The lowest BCUT2D eigenvalue weighted by Gasteiger charge is -2.12. The van der Waals surface area contributed by atoms with Crippen LogP contribution in [0.4, 0.5) is 0 Å². The Bertz CT molecular complexity index is 963. The highest BCUT2D eigenvalue weighted by Crippen LogP contribution is 2.23. The molecule has 4 nitrogen and oxygen atoms in total. The number of aromatic nitrogens is 3. The Morgan fingerprint density at radius 2 is 1.74 bits per heavy atom. The molecular formula is C22H26N4S. The molecular weight excluding hydrogens is 352 g/mol. The maximum absolute atomic E-state index is 5.38. The molecule has 0 radical (unpaired) electrons. The molecule has 0 fully saturated rings. The summed E-state index contributed by atoms with van der Waals surface area (Å²) in [6, 6.07) is 17.0. The van der Waals surface area contributed by atoms with E-state index in [1.54, 1.807) is 4.68 Å². The zero-order chi connectivity index (χ0) is 19.4. The fourth-order valence-corrected chi connectivity index (χ4v) is 3.22. The Balaban J connectivity index is 1.84. The summed E-state index contributed by atoms with van der Waals surface area (Å²) in [4.78, 5) is 0. The lowest BCUT2D eigenvalue weighted by Crippen LogP contribution is -2.05. The van der Waals surface area contributed by atoms with Crippen molar-refractivity contribution >= 4 is 18.4 Å². The molecule has 3 rings (SSSR count). The molecule has 0 spiro atoms. The van der Waals surface area contributed by atoms with E-state index >= 15 is 0 Å². The minimum Gasteiger partial charge on any atom is -0.250 e. The van der Waals surface area contributed by atoms with Crippen molar-refractivity contribution in [3.8, 4) is 0 Å². The van der Waals surface area contributed by atoms with E-state index in [0.29, 0.717) is 10.7 Å². The van der Waals surface area contributed by atoms with E-state index in [9.17, 15) is 0 Å².